The molecule has 18 heavy (non-hydrogen) atoms. The molecule has 0 amide bonds. The van der Waals surface area contributed by atoms with Gasteiger partial charge >= 0.3 is 0 Å². The van der Waals surface area contributed by atoms with Crippen molar-refractivity contribution in [2.45, 2.75) is 39.5 Å². The first-order valence-corrected chi connectivity index (χ1v) is 7.71. The minimum Gasteiger partial charge on any atom is -0.379 e. The Labute approximate surface area is 112 Å². The van der Waals surface area contributed by atoms with E-state index < -0.39 is 0 Å². The Bertz CT molecular complexity index is 231. The van der Waals surface area contributed by atoms with Gasteiger partial charge < -0.3 is 10.1 Å². The summed E-state index contributed by atoms with van der Waals surface area (Å²) in [6.07, 6.45) is 5.67. The zero-order valence-electron chi connectivity index (χ0n) is 12.2. The van der Waals surface area contributed by atoms with Crippen LogP contribution in [0.4, 0.5) is 0 Å². The van der Waals surface area contributed by atoms with E-state index >= 15 is 0 Å². The van der Waals surface area contributed by atoms with Crippen LogP contribution in [0.15, 0.2) is 0 Å². The van der Waals surface area contributed by atoms with Crippen LogP contribution < -0.4 is 5.32 Å². The molecular weight excluding hydrogens is 224 g/mol. The molecule has 106 valence electrons. The maximum absolute atomic E-state index is 5.45. The molecule has 2 rings (SSSR count). The topological polar surface area (TPSA) is 24.5 Å². The SMILES string of the molecule is CC(C)CNCC1(CN2CCOCC2)CCCC1. The molecule has 0 aromatic rings. The van der Waals surface area contributed by atoms with Gasteiger partial charge in [-0.15, -0.1) is 0 Å². The summed E-state index contributed by atoms with van der Waals surface area (Å²) in [4.78, 5) is 2.62. The van der Waals surface area contributed by atoms with Gasteiger partial charge in [-0.25, -0.2) is 0 Å². The van der Waals surface area contributed by atoms with Crippen molar-refractivity contribution in [1.82, 2.24) is 10.2 Å². The fraction of sp³-hybridized carbons (Fsp3) is 1.00. The van der Waals surface area contributed by atoms with Crippen LogP contribution in [0.25, 0.3) is 0 Å². The molecule has 0 bridgehead atoms. The predicted molar refractivity (Wildman–Crippen MR) is 75.9 cm³/mol. The summed E-state index contributed by atoms with van der Waals surface area (Å²) >= 11 is 0. The van der Waals surface area contributed by atoms with Gasteiger partial charge in [-0.05, 0) is 30.7 Å². The van der Waals surface area contributed by atoms with E-state index in [1.807, 2.05) is 0 Å². The second-order valence-electron chi connectivity index (χ2n) is 6.62. The average Bonchev–Trinajstić information content (AvgIpc) is 2.78. The van der Waals surface area contributed by atoms with Crippen LogP contribution in [-0.2, 0) is 4.74 Å². The normalized spacial score (nSPS) is 24.8. The number of rotatable bonds is 6. The van der Waals surface area contributed by atoms with E-state index in [0.29, 0.717) is 5.41 Å². The molecule has 1 aliphatic heterocycles. The summed E-state index contributed by atoms with van der Waals surface area (Å²) in [5, 5.41) is 3.70. The van der Waals surface area contributed by atoms with Crippen LogP contribution in [0.1, 0.15) is 39.5 Å². The zero-order chi connectivity index (χ0) is 12.8. The largest absolute Gasteiger partial charge is 0.379 e. The number of morpholine rings is 1. The highest BCUT2D eigenvalue weighted by Gasteiger charge is 2.35. The molecule has 0 aromatic heterocycles. The number of nitrogens with zero attached hydrogens (tertiary/aromatic N) is 1. The van der Waals surface area contributed by atoms with Gasteiger partial charge in [0.15, 0.2) is 0 Å². The lowest BCUT2D eigenvalue weighted by Gasteiger charge is -2.37. The molecule has 0 atom stereocenters. The third-order valence-corrected chi connectivity index (χ3v) is 4.38. The Hall–Kier alpha value is -0.120. The summed E-state index contributed by atoms with van der Waals surface area (Å²) < 4.78 is 5.45. The molecule has 0 spiro atoms. The Morgan fingerprint density at radius 1 is 1.17 bits per heavy atom. The Balaban J connectivity index is 1.81. The maximum atomic E-state index is 5.45. The van der Waals surface area contributed by atoms with Crippen LogP contribution in [-0.4, -0.2) is 50.8 Å². The molecule has 2 fully saturated rings. The second kappa shape index (κ2) is 6.88. The molecule has 1 aliphatic carbocycles. The Kier molecular flexibility index (Phi) is 5.46. The Morgan fingerprint density at radius 2 is 1.83 bits per heavy atom. The summed E-state index contributed by atoms with van der Waals surface area (Å²) in [5.41, 5.74) is 0.548. The van der Waals surface area contributed by atoms with E-state index in [2.05, 4.69) is 24.1 Å². The first-order chi connectivity index (χ1) is 8.70. The first-order valence-electron chi connectivity index (χ1n) is 7.71. The number of hydrogen-bond donors (Lipinski definition) is 1. The van der Waals surface area contributed by atoms with Crippen molar-refractivity contribution >= 4 is 0 Å². The molecule has 0 aromatic carbocycles. The van der Waals surface area contributed by atoms with Crippen molar-refractivity contribution in [2.24, 2.45) is 11.3 Å². The molecule has 1 saturated heterocycles. The predicted octanol–water partition coefficient (Wildman–Crippen LogP) is 2.12. The molecule has 3 nitrogen and oxygen atoms in total. The fourth-order valence-electron chi connectivity index (χ4n) is 3.38. The third kappa shape index (κ3) is 4.22. The molecule has 2 aliphatic rings. The van der Waals surface area contributed by atoms with Gasteiger partial charge in [0.1, 0.15) is 0 Å². The van der Waals surface area contributed by atoms with Crippen molar-refractivity contribution in [3.05, 3.63) is 0 Å². The van der Waals surface area contributed by atoms with Gasteiger partial charge in [0, 0.05) is 26.2 Å². The number of ether oxygens (including phenoxy) is 1. The third-order valence-electron chi connectivity index (χ3n) is 4.38. The van der Waals surface area contributed by atoms with Gasteiger partial charge in [-0.1, -0.05) is 26.7 Å². The van der Waals surface area contributed by atoms with Crippen LogP contribution in [0.3, 0.4) is 0 Å². The van der Waals surface area contributed by atoms with E-state index in [4.69, 9.17) is 4.74 Å². The molecule has 1 heterocycles. The van der Waals surface area contributed by atoms with Crippen LogP contribution in [0.5, 0.6) is 0 Å². The first kappa shape index (κ1) is 14.3. The highest BCUT2D eigenvalue weighted by Crippen LogP contribution is 2.38. The minimum absolute atomic E-state index is 0.548. The van der Waals surface area contributed by atoms with E-state index in [1.165, 1.54) is 38.8 Å². The number of hydrogen-bond acceptors (Lipinski definition) is 3. The van der Waals surface area contributed by atoms with Gasteiger partial charge in [-0.3, -0.25) is 4.90 Å². The van der Waals surface area contributed by atoms with Crippen molar-refractivity contribution < 1.29 is 4.74 Å². The average molecular weight is 254 g/mol. The summed E-state index contributed by atoms with van der Waals surface area (Å²) in [7, 11) is 0. The van der Waals surface area contributed by atoms with E-state index in [-0.39, 0.29) is 0 Å². The van der Waals surface area contributed by atoms with E-state index in [1.54, 1.807) is 0 Å². The fourth-order valence-corrected chi connectivity index (χ4v) is 3.38. The van der Waals surface area contributed by atoms with Gasteiger partial charge in [0.25, 0.3) is 0 Å². The number of nitrogens with one attached hydrogen (secondary N) is 1. The van der Waals surface area contributed by atoms with Crippen LogP contribution >= 0.6 is 0 Å². The quantitative estimate of drug-likeness (QED) is 0.786. The standard InChI is InChI=1S/C15H30N2O/c1-14(2)11-16-12-15(5-3-4-6-15)13-17-7-9-18-10-8-17/h14,16H,3-13H2,1-2H3. The van der Waals surface area contributed by atoms with E-state index in [0.717, 1.165) is 38.8 Å². The smallest absolute Gasteiger partial charge is 0.0594 e. The van der Waals surface area contributed by atoms with Crippen LogP contribution in [0.2, 0.25) is 0 Å². The molecule has 3 heteroatoms. The zero-order valence-corrected chi connectivity index (χ0v) is 12.2. The lowest BCUT2D eigenvalue weighted by atomic mass is 9.85. The van der Waals surface area contributed by atoms with Gasteiger partial charge in [0.2, 0.25) is 0 Å². The molecule has 0 radical (unpaired) electrons. The summed E-state index contributed by atoms with van der Waals surface area (Å²) in [6, 6.07) is 0. The highest BCUT2D eigenvalue weighted by atomic mass is 16.5. The minimum atomic E-state index is 0.548. The summed E-state index contributed by atoms with van der Waals surface area (Å²) in [5.74, 6) is 0.756. The van der Waals surface area contributed by atoms with Gasteiger partial charge in [0.05, 0.1) is 13.2 Å². The Morgan fingerprint density at radius 3 is 2.44 bits per heavy atom. The van der Waals surface area contributed by atoms with Crippen molar-refractivity contribution in [3.63, 3.8) is 0 Å². The molecule has 1 N–H and O–H groups in total. The van der Waals surface area contributed by atoms with E-state index in [9.17, 15) is 0 Å². The van der Waals surface area contributed by atoms with Crippen molar-refractivity contribution in [1.29, 1.82) is 0 Å². The van der Waals surface area contributed by atoms with Crippen molar-refractivity contribution in [2.75, 3.05) is 45.9 Å². The maximum Gasteiger partial charge on any atom is 0.0594 e. The van der Waals surface area contributed by atoms with Crippen molar-refractivity contribution in [3.8, 4) is 0 Å². The molecule has 1 saturated carbocycles. The highest BCUT2D eigenvalue weighted by molar-refractivity contribution is 4.90. The molecule has 0 unspecified atom stereocenters. The summed E-state index contributed by atoms with van der Waals surface area (Å²) in [6.45, 7) is 12.3. The lowest BCUT2D eigenvalue weighted by Crippen LogP contribution is -2.47. The van der Waals surface area contributed by atoms with Gasteiger partial charge in [-0.2, -0.15) is 0 Å². The second-order valence-corrected chi connectivity index (χ2v) is 6.62. The molecular formula is C15H30N2O. The van der Waals surface area contributed by atoms with Crippen LogP contribution in [0, 0.1) is 11.3 Å². The lowest BCUT2D eigenvalue weighted by molar-refractivity contribution is 0.0164. The monoisotopic (exact) mass is 254 g/mol.